The summed E-state index contributed by atoms with van der Waals surface area (Å²) in [4.78, 5) is 6.61. The predicted octanol–water partition coefficient (Wildman–Crippen LogP) is 3.08. The summed E-state index contributed by atoms with van der Waals surface area (Å²) in [6, 6.07) is 2.00. The molecule has 96 valence electrons. The maximum atomic E-state index is 6.26. The van der Waals surface area contributed by atoms with Crippen LogP contribution in [0.1, 0.15) is 32.8 Å². The third-order valence-electron chi connectivity index (χ3n) is 2.70. The molecule has 4 heteroatoms. The van der Waals surface area contributed by atoms with Gasteiger partial charge in [-0.25, -0.2) is 4.98 Å². The second-order valence-electron chi connectivity index (χ2n) is 4.00. The molecule has 0 amide bonds. The van der Waals surface area contributed by atoms with Crippen LogP contribution >= 0.6 is 11.6 Å². The molecule has 0 atom stereocenters. The summed E-state index contributed by atoms with van der Waals surface area (Å²) in [6.07, 6.45) is 3.04. The molecular formula is C13H22ClN3. The molecule has 1 rings (SSSR count). The summed E-state index contributed by atoms with van der Waals surface area (Å²) in [5.41, 5.74) is 1.14. The first-order valence-corrected chi connectivity index (χ1v) is 6.70. The minimum Gasteiger partial charge on any atom is -0.356 e. The van der Waals surface area contributed by atoms with E-state index in [1.807, 2.05) is 12.3 Å². The molecule has 0 saturated carbocycles. The van der Waals surface area contributed by atoms with Crippen molar-refractivity contribution in [1.82, 2.24) is 10.3 Å². The van der Waals surface area contributed by atoms with Gasteiger partial charge in [-0.05, 0) is 38.4 Å². The summed E-state index contributed by atoms with van der Waals surface area (Å²) in [5.74, 6) is 0.885. The first kappa shape index (κ1) is 14.3. The highest BCUT2D eigenvalue weighted by Gasteiger charge is 2.09. The molecule has 1 aromatic heterocycles. The highest BCUT2D eigenvalue weighted by Crippen LogP contribution is 2.23. The van der Waals surface area contributed by atoms with Crippen molar-refractivity contribution in [2.75, 3.05) is 24.5 Å². The van der Waals surface area contributed by atoms with Crippen molar-refractivity contribution in [3.8, 4) is 0 Å². The zero-order valence-electron chi connectivity index (χ0n) is 11.0. The Morgan fingerprint density at radius 3 is 2.53 bits per heavy atom. The number of hydrogen-bond donors (Lipinski definition) is 1. The lowest BCUT2D eigenvalue weighted by atomic mass is 10.2. The van der Waals surface area contributed by atoms with Crippen molar-refractivity contribution < 1.29 is 0 Å². The Bertz CT molecular complexity index is 337. The highest BCUT2D eigenvalue weighted by atomic mass is 35.5. The molecule has 0 aliphatic rings. The number of hydrogen-bond acceptors (Lipinski definition) is 3. The topological polar surface area (TPSA) is 28.2 Å². The Balaban J connectivity index is 2.71. The Kier molecular flexibility index (Phi) is 6.30. The second-order valence-corrected chi connectivity index (χ2v) is 4.41. The molecule has 0 aromatic carbocycles. The fourth-order valence-corrected chi connectivity index (χ4v) is 2.04. The van der Waals surface area contributed by atoms with E-state index >= 15 is 0 Å². The van der Waals surface area contributed by atoms with Gasteiger partial charge in [-0.1, -0.05) is 18.5 Å². The lowest BCUT2D eigenvalue weighted by molar-refractivity contribution is 0.673. The van der Waals surface area contributed by atoms with E-state index in [1.165, 1.54) is 0 Å². The molecule has 0 unspecified atom stereocenters. The van der Waals surface area contributed by atoms with Crippen molar-refractivity contribution in [2.24, 2.45) is 0 Å². The molecule has 1 N–H and O–H groups in total. The maximum Gasteiger partial charge on any atom is 0.147 e. The SMILES string of the molecule is CCCNCc1cnc(N(CC)CC)c(Cl)c1. The van der Waals surface area contributed by atoms with Crippen molar-refractivity contribution in [2.45, 2.75) is 33.7 Å². The molecule has 0 fully saturated rings. The quantitative estimate of drug-likeness (QED) is 0.759. The van der Waals surface area contributed by atoms with Crippen LogP contribution in [0.25, 0.3) is 0 Å². The Hall–Kier alpha value is -0.800. The van der Waals surface area contributed by atoms with Crippen molar-refractivity contribution in [3.63, 3.8) is 0 Å². The molecule has 1 aromatic rings. The maximum absolute atomic E-state index is 6.26. The molecule has 1 heterocycles. The van der Waals surface area contributed by atoms with E-state index in [2.05, 4.69) is 36.0 Å². The van der Waals surface area contributed by atoms with Gasteiger partial charge in [0.2, 0.25) is 0 Å². The number of rotatable bonds is 7. The fraction of sp³-hybridized carbons (Fsp3) is 0.615. The molecule has 0 spiro atoms. The number of aromatic nitrogens is 1. The molecule has 0 aliphatic heterocycles. The summed E-state index contributed by atoms with van der Waals surface area (Å²) in [7, 11) is 0. The first-order chi connectivity index (χ1) is 8.22. The number of anilines is 1. The summed E-state index contributed by atoms with van der Waals surface area (Å²) >= 11 is 6.26. The molecule has 17 heavy (non-hydrogen) atoms. The van der Waals surface area contributed by atoms with Gasteiger partial charge in [0.25, 0.3) is 0 Å². The van der Waals surface area contributed by atoms with E-state index in [0.717, 1.165) is 49.0 Å². The molecular weight excluding hydrogens is 234 g/mol. The minimum atomic E-state index is 0.740. The van der Waals surface area contributed by atoms with E-state index in [9.17, 15) is 0 Å². The monoisotopic (exact) mass is 255 g/mol. The van der Waals surface area contributed by atoms with Gasteiger partial charge in [0, 0.05) is 25.8 Å². The third kappa shape index (κ3) is 4.17. The molecule has 3 nitrogen and oxygen atoms in total. The third-order valence-corrected chi connectivity index (χ3v) is 2.98. The Morgan fingerprint density at radius 2 is 2.00 bits per heavy atom. The fourth-order valence-electron chi connectivity index (χ4n) is 1.73. The summed E-state index contributed by atoms with van der Waals surface area (Å²) < 4.78 is 0. The summed E-state index contributed by atoms with van der Waals surface area (Å²) in [6.45, 7) is 10.1. The van der Waals surface area contributed by atoms with E-state index in [-0.39, 0.29) is 0 Å². The lowest BCUT2D eigenvalue weighted by Crippen LogP contribution is -2.23. The van der Waals surface area contributed by atoms with Crippen molar-refractivity contribution in [3.05, 3.63) is 22.8 Å². The van der Waals surface area contributed by atoms with Crippen LogP contribution in [0.2, 0.25) is 5.02 Å². The van der Waals surface area contributed by atoms with Gasteiger partial charge in [0.05, 0.1) is 5.02 Å². The van der Waals surface area contributed by atoms with Crippen LogP contribution in [0, 0.1) is 0 Å². The standard InChI is InChI=1S/C13H22ClN3/c1-4-7-15-9-11-8-12(14)13(16-10-11)17(5-2)6-3/h8,10,15H,4-7,9H2,1-3H3. The normalized spacial score (nSPS) is 10.6. The predicted molar refractivity (Wildman–Crippen MR) is 74.8 cm³/mol. The molecule has 0 radical (unpaired) electrons. The Labute approximate surface area is 109 Å². The smallest absolute Gasteiger partial charge is 0.147 e. The zero-order chi connectivity index (χ0) is 12.7. The first-order valence-electron chi connectivity index (χ1n) is 6.32. The van der Waals surface area contributed by atoms with E-state index in [0.29, 0.717) is 0 Å². The van der Waals surface area contributed by atoms with E-state index in [4.69, 9.17) is 11.6 Å². The number of halogens is 1. The van der Waals surface area contributed by atoms with Crippen LogP contribution < -0.4 is 10.2 Å². The van der Waals surface area contributed by atoms with E-state index in [1.54, 1.807) is 0 Å². The molecule has 0 aliphatic carbocycles. The van der Waals surface area contributed by atoms with Gasteiger partial charge < -0.3 is 10.2 Å². The van der Waals surface area contributed by atoms with Crippen LogP contribution in [0.5, 0.6) is 0 Å². The largest absolute Gasteiger partial charge is 0.356 e. The van der Waals surface area contributed by atoms with Crippen LogP contribution in [0.4, 0.5) is 5.82 Å². The number of nitrogens with zero attached hydrogens (tertiary/aromatic N) is 2. The average molecular weight is 256 g/mol. The molecule has 0 bridgehead atoms. The second kappa shape index (κ2) is 7.51. The number of pyridine rings is 1. The van der Waals surface area contributed by atoms with Crippen molar-refractivity contribution >= 4 is 17.4 Å². The van der Waals surface area contributed by atoms with Crippen LogP contribution in [-0.2, 0) is 6.54 Å². The van der Waals surface area contributed by atoms with Crippen LogP contribution in [-0.4, -0.2) is 24.6 Å². The average Bonchev–Trinajstić information content (AvgIpc) is 2.33. The number of nitrogens with one attached hydrogen (secondary N) is 1. The van der Waals surface area contributed by atoms with Crippen LogP contribution in [0.15, 0.2) is 12.3 Å². The van der Waals surface area contributed by atoms with Gasteiger partial charge >= 0.3 is 0 Å². The van der Waals surface area contributed by atoms with Gasteiger partial charge in [-0.3, -0.25) is 0 Å². The van der Waals surface area contributed by atoms with Gasteiger partial charge in [0.15, 0.2) is 0 Å². The minimum absolute atomic E-state index is 0.740. The zero-order valence-corrected chi connectivity index (χ0v) is 11.7. The summed E-state index contributed by atoms with van der Waals surface area (Å²) in [5, 5.41) is 4.08. The van der Waals surface area contributed by atoms with Crippen molar-refractivity contribution in [1.29, 1.82) is 0 Å². The van der Waals surface area contributed by atoms with Gasteiger partial charge in [-0.15, -0.1) is 0 Å². The molecule has 0 saturated heterocycles. The van der Waals surface area contributed by atoms with E-state index < -0.39 is 0 Å². The lowest BCUT2D eigenvalue weighted by Gasteiger charge is -2.21. The highest BCUT2D eigenvalue weighted by molar-refractivity contribution is 6.33. The van der Waals surface area contributed by atoms with Gasteiger partial charge in [-0.2, -0.15) is 0 Å². The van der Waals surface area contributed by atoms with Gasteiger partial charge in [0.1, 0.15) is 5.82 Å². The Morgan fingerprint density at radius 1 is 1.29 bits per heavy atom. The van der Waals surface area contributed by atoms with Crippen LogP contribution in [0.3, 0.4) is 0 Å².